The molecule has 120 valence electrons. The van der Waals surface area contributed by atoms with E-state index in [1.54, 1.807) is 0 Å². The molecule has 22 heavy (non-hydrogen) atoms. The summed E-state index contributed by atoms with van der Waals surface area (Å²) in [7, 11) is 0. The number of carbonyl (C=O) groups excluding carboxylic acids is 2. The Balaban J connectivity index is 2.45. The second-order valence-electron chi connectivity index (χ2n) is 4.67. The van der Waals surface area contributed by atoms with Crippen molar-refractivity contribution >= 4 is 29.4 Å². The van der Waals surface area contributed by atoms with E-state index in [1.165, 1.54) is 36.0 Å². The number of benzene rings is 1. The first-order valence-electron chi connectivity index (χ1n) is 6.74. The van der Waals surface area contributed by atoms with Gasteiger partial charge in [-0.05, 0) is 42.7 Å². The summed E-state index contributed by atoms with van der Waals surface area (Å²) in [5.74, 6) is -1.68. The number of thioether (sulfide) groups is 1. The smallest absolute Gasteiger partial charge is 0.326 e. The average Bonchev–Trinajstić information content (AvgIpc) is 2.49. The van der Waals surface area contributed by atoms with E-state index in [1.807, 2.05) is 6.26 Å². The molecule has 0 aromatic heterocycles. The third-order valence-corrected chi connectivity index (χ3v) is 3.63. The number of carbonyl (C=O) groups is 3. The first-order valence-corrected chi connectivity index (χ1v) is 8.13. The van der Waals surface area contributed by atoms with E-state index in [9.17, 15) is 18.8 Å². The molecule has 0 aliphatic carbocycles. The Labute approximate surface area is 132 Å². The van der Waals surface area contributed by atoms with Crippen LogP contribution in [0.4, 0.5) is 4.39 Å². The maximum Gasteiger partial charge on any atom is 0.326 e. The number of carboxylic acids is 1. The summed E-state index contributed by atoms with van der Waals surface area (Å²) < 4.78 is 12.8. The van der Waals surface area contributed by atoms with Gasteiger partial charge in [0.2, 0.25) is 5.91 Å². The fraction of sp³-hybridized carbons (Fsp3) is 0.400. The molecule has 0 aliphatic rings. The molecular weight excluding hydrogens is 309 g/mol. The van der Waals surface area contributed by atoms with Crippen molar-refractivity contribution in [1.29, 1.82) is 0 Å². The minimum absolute atomic E-state index is 0.0493. The van der Waals surface area contributed by atoms with Gasteiger partial charge in [-0.25, -0.2) is 9.18 Å². The number of carboxylic acid groups (broad SMARTS) is 1. The molecule has 0 aliphatic heterocycles. The van der Waals surface area contributed by atoms with Crippen LogP contribution in [0.15, 0.2) is 24.3 Å². The Morgan fingerprint density at radius 3 is 2.41 bits per heavy atom. The highest BCUT2D eigenvalue weighted by Gasteiger charge is 2.19. The van der Waals surface area contributed by atoms with Crippen molar-refractivity contribution in [3.8, 4) is 0 Å². The van der Waals surface area contributed by atoms with Gasteiger partial charge in [-0.2, -0.15) is 11.8 Å². The van der Waals surface area contributed by atoms with Gasteiger partial charge in [0.25, 0.3) is 0 Å². The van der Waals surface area contributed by atoms with E-state index in [0.29, 0.717) is 17.7 Å². The number of nitrogens with one attached hydrogen (secondary N) is 1. The van der Waals surface area contributed by atoms with Gasteiger partial charge in [0.05, 0.1) is 0 Å². The Morgan fingerprint density at radius 1 is 1.23 bits per heavy atom. The number of hydrogen-bond acceptors (Lipinski definition) is 4. The number of Topliss-reactive ketones (excluding diaryl/α,β-unsaturated/α-hetero) is 1. The van der Waals surface area contributed by atoms with Crippen LogP contribution in [-0.2, 0) is 9.59 Å². The fourth-order valence-corrected chi connectivity index (χ4v) is 2.24. The highest BCUT2D eigenvalue weighted by molar-refractivity contribution is 7.98. The number of ketones is 1. The topological polar surface area (TPSA) is 83.5 Å². The summed E-state index contributed by atoms with van der Waals surface area (Å²) in [6.07, 6.45) is 2.03. The second kappa shape index (κ2) is 9.19. The van der Waals surface area contributed by atoms with Crippen LogP contribution in [0.1, 0.15) is 29.6 Å². The molecule has 1 amide bonds. The van der Waals surface area contributed by atoms with Crippen LogP contribution < -0.4 is 5.32 Å². The standard InChI is InChI=1S/C15H18FNO4S/c1-22-9-8-12(15(20)21)17-14(19)7-6-13(18)10-2-4-11(16)5-3-10/h2-5,12H,6-9H2,1H3,(H,17,19)(H,20,21). The number of aliphatic carboxylic acids is 1. The fourth-order valence-electron chi connectivity index (χ4n) is 1.77. The summed E-state index contributed by atoms with van der Waals surface area (Å²) in [4.78, 5) is 34.6. The van der Waals surface area contributed by atoms with Crippen LogP contribution in [0.3, 0.4) is 0 Å². The summed E-state index contributed by atoms with van der Waals surface area (Å²) >= 11 is 1.49. The molecular formula is C15H18FNO4S. The van der Waals surface area contributed by atoms with Crippen molar-refractivity contribution in [3.05, 3.63) is 35.6 Å². The first-order chi connectivity index (χ1) is 10.4. The van der Waals surface area contributed by atoms with Crippen LogP contribution in [0.2, 0.25) is 0 Å². The van der Waals surface area contributed by atoms with Crippen LogP contribution >= 0.6 is 11.8 Å². The van der Waals surface area contributed by atoms with Gasteiger partial charge in [-0.15, -0.1) is 0 Å². The largest absolute Gasteiger partial charge is 0.480 e. The van der Waals surface area contributed by atoms with E-state index < -0.39 is 23.7 Å². The normalized spacial score (nSPS) is 11.7. The molecule has 1 atom stereocenters. The highest BCUT2D eigenvalue weighted by Crippen LogP contribution is 2.08. The van der Waals surface area contributed by atoms with Gasteiger partial charge < -0.3 is 10.4 Å². The lowest BCUT2D eigenvalue weighted by atomic mass is 10.1. The lowest BCUT2D eigenvalue weighted by Gasteiger charge is -2.13. The maximum absolute atomic E-state index is 12.8. The minimum Gasteiger partial charge on any atom is -0.480 e. The molecule has 0 saturated carbocycles. The monoisotopic (exact) mass is 327 g/mol. The number of amides is 1. The molecule has 0 heterocycles. The average molecular weight is 327 g/mol. The van der Waals surface area contributed by atoms with Crippen LogP contribution in [0.5, 0.6) is 0 Å². The Hall–Kier alpha value is -1.89. The van der Waals surface area contributed by atoms with E-state index in [4.69, 9.17) is 5.11 Å². The molecule has 0 saturated heterocycles. The van der Waals surface area contributed by atoms with E-state index >= 15 is 0 Å². The maximum atomic E-state index is 12.8. The quantitative estimate of drug-likeness (QED) is 0.679. The lowest BCUT2D eigenvalue weighted by molar-refractivity contribution is -0.141. The zero-order chi connectivity index (χ0) is 16.5. The predicted octanol–water partition coefficient (Wildman–Crippen LogP) is 2.11. The molecule has 1 unspecified atom stereocenters. The zero-order valence-electron chi connectivity index (χ0n) is 12.2. The zero-order valence-corrected chi connectivity index (χ0v) is 13.0. The number of rotatable bonds is 9. The molecule has 2 N–H and O–H groups in total. The molecule has 1 aromatic rings. The molecule has 1 aromatic carbocycles. The van der Waals surface area contributed by atoms with Crippen LogP contribution in [-0.4, -0.2) is 40.8 Å². The van der Waals surface area contributed by atoms with Gasteiger partial charge in [-0.3, -0.25) is 9.59 Å². The van der Waals surface area contributed by atoms with Crippen molar-refractivity contribution in [3.63, 3.8) is 0 Å². The molecule has 0 fully saturated rings. The third kappa shape index (κ3) is 6.26. The molecule has 0 bridgehead atoms. The first kappa shape index (κ1) is 18.2. The molecule has 0 spiro atoms. The Kier molecular flexibility index (Phi) is 7.59. The molecule has 7 heteroatoms. The summed E-state index contributed by atoms with van der Waals surface area (Å²) in [5, 5.41) is 11.4. The van der Waals surface area contributed by atoms with Gasteiger partial charge in [-0.1, -0.05) is 0 Å². The summed E-state index contributed by atoms with van der Waals surface area (Å²) in [6.45, 7) is 0. The highest BCUT2D eigenvalue weighted by atomic mass is 32.2. The molecule has 1 rings (SSSR count). The van der Waals surface area contributed by atoms with Crippen LogP contribution in [0.25, 0.3) is 0 Å². The Bertz CT molecular complexity index is 533. The lowest BCUT2D eigenvalue weighted by Crippen LogP contribution is -2.41. The van der Waals surface area contributed by atoms with E-state index in [2.05, 4.69) is 5.32 Å². The summed E-state index contributed by atoms with van der Waals surface area (Å²) in [6, 6.07) is 4.12. The SMILES string of the molecule is CSCCC(NC(=O)CCC(=O)c1ccc(F)cc1)C(=O)O. The van der Waals surface area contributed by atoms with Gasteiger partial charge in [0.1, 0.15) is 11.9 Å². The van der Waals surface area contributed by atoms with Crippen molar-refractivity contribution in [2.24, 2.45) is 0 Å². The van der Waals surface area contributed by atoms with Crippen molar-refractivity contribution in [1.82, 2.24) is 5.32 Å². The van der Waals surface area contributed by atoms with Crippen molar-refractivity contribution in [2.45, 2.75) is 25.3 Å². The van der Waals surface area contributed by atoms with Crippen LogP contribution in [0, 0.1) is 5.82 Å². The second-order valence-corrected chi connectivity index (χ2v) is 5.66. The van der Waals surface area contributed by atoms with Crippen molar-refractivity contribution in [2.75, 3.05) is 12.0 Å². The van der Waals surface area contributed by atoms with Gasteiger partial charge in [0.15, 0.2) is 5.78 Å². The number of halogens is 1. The third-order valence-electron chi connectivity index (χ3n) is 2.99. The molecule has 0 radical (unpaired) electrons. The van der Waals surface area contributed by atoms with Gasteiger partial charge in [0, 0.05) is 18.4 Å². The Morgan fingerprint density at radius 2 is 1.86 bits per heavy atom. The summed E-state index contributed by atoms with van der Waals surface area (Å²) in [5.41, 5.74) is 0.325. The van der Waals surface area contributed by atoms with E-state index in [-0.39, 0.29) is 18.6 Å². The number of hydrogen-bond donors (Lipinski definition) is 2. The van der Waals surface area contributed by atoms with Crippen molar-refractivity contribution < 1.29 is 23.9 Å². The predicted molar refractivity (Wildman–Crippen MR) is 82.5 cm³/mol. The minimum atomic E-state index is -1.09. The van der Waals surface area contributed by atoms with Gasteiger partial charge >= 0.3 is 5.97 Å². The molecule has 5 nitrogen and oxygen atoms in total. The van der Waals surface area contributed by atoms with E-state index in [0.717, 1.165) is 0 Å².